The highest BCUT2D eigenvalue weighted by Crippen LogP contribution is 2.43. The predicted molar refractivity (Wildman–Crippen MR) is 102 cm³/mol. The number of carbonyl (C=O) groups is 3. The number of carbonyl (C=O) groups excluding carboxylic acids is 2. The van der Waals surface area contributed by atoms with Crippen LogP contribution in [-0.2, 0) is 19.1 Å². The molecule has 2 fully saturated rings. The highest BCUT2D eigenvalue weighted by molar-refractivity contribution is 8.00. The van der Waals surface area contributed by atoms with Crippen LogP contribution in [0.25, 0.3) is 0 Å². The summed E-state index contributed by atoms with van der Waals surface area (Å²) in [6, 6.07) is 7.30. The maximum absolute atomic E-state index is 12.9. The summed E-state index contributed by atoms with van der Waals surface area (Å²) < 4.78 is 5.44. The molecule has 2 N–H and O–H groups in total. The molecule has 0 bridgehead atoms. The van der Waals surface area contributed by atoms with Crippen molar-refractivity contribution in [2.24, 2.45) is 11.3 Å². The number of carboxylic acid groups (broad SMARTS) is 1. The lowest BCUT2D eigenvalue weighted by Crippen LogP contribution is -2.45. The molecule has 3 rings (SSSR count). The van der Waals surface area contributed by atoms with Gasteiger partial charge in [-0.25, -0.2) is 0 Å². The molecule has 1 unspecified atom stereocenters. The van der Waals surface area contributed by atoms with E-state index >= 15 is 0 Å². The van der Waals surface area contributed by atoms with E-state index in [2.05, 4.69) is 5.32 Å². The van der Waals surface area contributed by atoms with Crippen molar-refractivity contribution in [3.63, 3.8) is 0 Å². The number of hydrogen-bond acceptors (Lipinski definition) is 5. The van der Waals surface area contributed by atoms with Gasteiger partial charge in [0.05, 0.1) is 17.3 Å². The minimum absolute atomic E-state index is 0.0547. The zero-order valence-electron chi connectivity index (χ0n) is 15.4. The molecule has 0 radical (unpaired) electrons. The normalized spacial score (nSPS) is 25.6. The third-order valence-corrected chi connectivity index (χ3v) is 6.38. The number of nitrogens with zero attached hydrogens (tertiary/aromatic N) is 1. The Morgan fingerprint density at radius 1 is 1.33 bits per heavy atom. The molecule has 2 aliphatic rings. The third-order valence-electron chi connectivity index (χ3n) is 5.28. The summed E-state index contributed by atoms with van der Waals surface area (Å²) in [6.07, 6.45) is 0.447. The van der Waals surface area contributed by atoms with Crippen LogP contribution in [0.4, 0.5) is 5.69 Å². The number of benzene rings is 1. The Bertz CT molecular complexity index is 738. The van der Waals surface area contributed by atoms with E-state index in [0.717, 1.165) is 4.90 Å². The second-order valence-electron chi connectivity index (χ2n) is 7.17. The number of fused-ring (bicyclic) bond motifs is 1. The lowest BCUT2D eigenvalue weighted by molar-refractivity contribution is -0.157. The lowest BCUT2D eigenvalue weighted by atomic mass is 9.74. The highest BCUT2D eigenvalue weighted by atomic mass is 32.2. The van der Waals surface area contributed by atoms with Crippen LogP contribution >= 0.6 is 11.8 Å². The van der Waals surface area contributed by atoms with Crippen LogP contribution in [0, 0.1) is 11.3 Å². The first-order valence-electron chi connectivity index (χ1n) is 8.96. The van der Waals surface area contributed by atoms with Gasteiger partial charge in [-0.2, -0.15) is 0 Å². The molecule has 2 heterocycles. The van der Waals surface area contributed by atoms with Crippen molar-refractivity contribution in [1.82, 2.24) is 4.90 Å². The number of carboxylic acids is 1. The van der Waals surface area contributed by atoms with E-state index < -0.39 is 11.4 Å². The quantitative estimate of drug-likeness (QED) is 0.745. The lowest BCUT2D eigenvalue weighted by Gasteiger charge is -2.33. The van der Waals surface area contributed by atoms with Crippen molar-refractivity contribution in [3.05, 3.63) is 24.3 Å². The minimum Gasteiger partial charge on any atom is -0.481 e. The number of amides is 2. The molecule has 0 spiro atoms. The molecule has 1 aromatic carbocycles. The summed E-state index contributed by atoms with van der Waals surface area (Å²) in [5.74, 6) is -1.17. The van der Waals surface area contributed by atoms with Gasteiger partial charge < -0.3 is 20.1 Å². The zero-order valence-corrected chi connectivity index (χ0v) is 16.3. The molecule has 0 saturated carbocycles. The van der Waals surface area contributed by atoms with E-state index in [1.54, 1.807) is 17.0 Å². The molecule has 146 valence electrons. The van der Waals surface area contributed by atoms with Crippen LogP contribution in [-0.4, -0.2) is 59.3 Å². The van der Waals surface area contributed by atoms with Crippen molar-refractivity contribution in [1.29, 1.82) is 0 Å². The fraction of sp³-hybridized carbons (Fsp3) is 0.526. The van der Waals surface area contributed by atoms with Crippen LogP contribution in [0.3, 0.4) is 0 Å². The largest absolute Gasteiger partial charge is 0.481 e. The van der Waals surface area contributed by atoms with Gasteiger partial charge in [-0.1, -0.05) is 0 Å². The average Bonchev–Trinajstić information content (AvgIpc) is 3.03. The van der Waals surface area contributed by atoms with Crippen molar-refractivity contribution < 1.29 is 24.2 Å². The predicted octanol–water partition coefficient (Wildman–Crippen LogP) is 2.08. The third kappa shape index (κ3) is 4.11. The summed E-state index contributed by atoms with van der Waals surface area (Å²) in [6.45, 7) is 4.78. The first kappa shape index (κ1) is 19.7. The molecule has 7 nitrogen and oxygen atoms in total. The molecule has 2 saturated heterocycles. The minimum atomic E-state index is -0.877. The topological polar surface area (TPSA) is 95.9 Å². The Hall–Kier alpha value is -2.06. The van der Waals surface area contributed by atoms with Gasteiger partial charge in [-0.3, -0.25) is 14.4 Å². The van der Waals surface area contributed by atoms with E-state index in [-0.39, 0.29) is 29.5 Å². The summed E-state index contributed by atoms with van der Waals surface area (Å²) in [5.41, 5.74) is -0.170. The van der Waals surface area contributed by atoms with Crippen LogP contribution in [0.15, 0.2) is 29.2 Å². The Morgan fingerprint density at radius 3 is 2.63 bits per heavy atom. The maximum Gasteiger partial charge on any atom is 0.311 e. The van der Waals surface area contributed by atoms with Crippen molar-refractivity contribution in [3.8, 4) is 0 Å². The Kier molecular flexibility index (Phi) is 5.76. The fourth-order valence-electron chi connectivity index (χ4n) is 3.80. The molecule has 27 heavy (non-hydrogen) atoms. The number of thioether (sulfide) groups is 1. The zero-order chi connectivity index (χ0) is 19.6. The molecule has 2 aliphatic heterocycles. The molecule has 0 aliphatic carbocycles. The summed E-state index contributed by atoms with van der Waals surface area (Å²) in [5, 5.41) is 12.1. The van der Waals surface area contributed by atoms with Gasteiger partial charge >= 0.3 is 5.97 Å². The molecular weight excluding hydrogens is 368 g/mol. The Morgan fingerprint density at radius 2 is 2.04 bits per heavy atom. The number of hydrogen-bond donors (Lipinski definition) is 2. The van der Waals surface area contributed by atoms with Crippen molar-refractivity contribution >= 4 is 35.2 Å². The Balaban J connectivity index is 1.64. The standard InChI is InChI=1S/C19H24N2O5S/c1-12(27-16-5-3-15(4-6-16)20-13(2)22)17(23)21-9-14-10-26-8-7-19(14,11-21)18(24)25/h3-6,12,14H,7-11H2,1-2H3,(H,20,22)(H,24,25)/t12?,14-,19+/m0/s1. The monoisotopic (exact) mass is 392 g/mol. The SMILES string of the molecule is CC(=O)Nc1ccc(SC(C)C(=O)N2C[C@H]3COCC[C@@]3(C(=O)O)C2)cc1. The van der Waals surface area contributed by atoms with Crippen molar-refractivity contribution in [2.75, 3.05) is 31.6 Å². The molecule has 3 atom stereocenters. The van der Waals surface area contributed by atoms with Gasteiger partial charge in [-0.05, 0) is 37.6 Å². The molecular formula is C19H24N2O5S. The van der Waals surface area contributed by atoms with Crippen molar-refractivity contribution in [2.45, 2.75) is 30.4 Å². The summed E-state index contributed by atoms with van der Waals surface area (Å²) in [4.78, 5) is 38.4. The molecule has 2 amide bonds. The van der Waals surface area contributed by atoms with E-state index in [9.17, 15) is 19.5 Å². The summed E-state index contributed by atoms with van der Waals surface area (Å²) in [7, 11) is 0. The maximum atomic E-state index is 12.9. The van der Waals surface area contributed by atoms with Crippen LogP contribution in [0.1, 0.15) is 20.3 Å². The fourth-order valence-corrected chi connectivity index (χ4v) is 4.75. The van der Waals surface area contributed by atoms with Gasteiger partial charge in [0.1, 0.15) is 0 Å². The molecule has 1 aromatic rings. The number of ether oxygens (including phenoxy) is 1. The number of nitrogens with one attached hydrogen (secondary N) is 1. The van der Waals surface area contributed by atoms with E-state index in [4.69, 9.17) is 4.74 Å². The first-order chi connectivity index (χ1) is 12.8. The molecule has 8 heteroatoms. The number of likely N-dealkylation sites (tertiary alicyclic amines) is 1. The average molecular weight is 392 g/mol. The number of aliphatic carboxylic acids is 1. The summed E-state index contributed by atoms with van der Waals surface area (Å²) >= 11 is 1.42. The second-order valence-corrected chi connectivity index (χ2v) is 8.58. The van der Waals surface area contributed by atoms with Gasteiger partial charge in [0, 0.05) is 43.1 Å². The van der Waals surface area contributed by atoms with E-state index in [1.807, 2.05) is 19.1 Å². The smallest absolute Gasteiger partial charge is 0.311 e. The van der Waals surface area contributed by atoms with Crippen LogP contribution in [0.2, 0.25) is 0 Å². The number of rotatable bonds is 5. The van der Waals surface area contributed by atoms with Crippen LogP contribution < -0.4 is 5.32 Å². The number of anilines is 1. The van der Waals surface area contributed by atoms with Gasteiger partial charge in [0.15, 0.2) is 0 Å². The van der Waals surface area contributed by atoms with Gasteiger partial charge in [-0.15, -0.1) is 11.8 Å². The first-order valence-corrected chi connectivity index (χ1v) is 9.84. The Labute approximate surface area is 162 Å². The van der Waals surface area contributed by atoms with E-state index in [0.29, 0.717) is 31.9 Å². The van der Waals surface area contributed by atoms with Gasteiger partial charge in [0.2, 0.25) is 11.8 Å². The highest BCUT2D eigenvalue weighted by Gasteiger charge is 2.55. The van der Waals surface area contributed by atoms with E-state index in [1.165, 1.54) is 18.7 Å². The van der Waals surface area contributed by atoms with Crippen LogP contribution in [0.5, 0.6) is 0 Å². The second kappa shape index (κ2) is 7.90. The molecule has 0 aromatic heterocycles. The van der Waals surface area contributed by atoms with Gasteiger partial charge in [0.25, 0.3) is 0 Å².